The molecule has 8 nitrogen and oxygen atoms in total. The summed E-state index contributed by atoms with van der Waals surface area (Å²) in [5, 5.41) is 3.30. The summed E-state index contributed by atoms with van der Waals surface area (Å²) in [6.07, 6.45) is 3.34. The third-order valence-electron chi connectivity index (χ3n) is 6.67. The maximum atomic E-state index is 13.7. The summed E-state index contributed by atoms with van der Waals surface area (Å²) in [6.45, 7) is 4.43. The van der Waals surface area contributed by atoms with Gasteiger partial charge in [-0.1, -0.05) is 66.4 Å². The van der Waals surface area contributed by atoms with Crippen molar-refractivity contribution in [1.29, 1.82) is 0 Å². The van der Waals surface area contributed by atoms with Crippen LogP contribution in [0.15, 0.2) is 76.6 Å². The quantitative estimate of drug-likeness (QED) is 0.253. The molecule has 1 atom stereocenters. The second kappa shape index (κ2) is 10.2. The summed E-state index contributed by atoms with van der Waals surface area (Å²) >= 11 is 6.78. The van der Waals surface area contributed by atoms with E-state index in [0.717, 1.165) is 16.7 Å². The zero-order chi connectivity index (χ0) is 27.1. The van der Waals surface area contributed by atoms with E-state index >= 15 is 0 Å². The molecule has 0 spiro atoms. The Hall–Kier alpha value is -4.15. The zero-order valence-electron chi connectivity index (χ0n) is 21.2. The highest BCUT2D eigenvalue weighted by Crippen LogP contribution is 2.38. The maximum Gasteiger partial charge on any atom is 0.267 e. The number of ether oxygens (including phenoxy) is 2. The Balaban J connectivity index is 1.37. The number of rotatable bonds is 6. The molecule has 1 unspecified atom stereocenters. The van der Waals surface area contributed by atoms with E-state index in [2.05, 4.69) is 5.32 Å². The number of carbonyl (C=O) groups is 1. The number of thioether (sulfide) groups is 1. The number of pyridine rings is 1. The second-order valence-corrected chi connectivity index (χ2v) is 11.0. The largest absolute Gasteiger partial charge is 0.454 e. The highest BCUT2D eigenvalue weighted by Gasteiger charge is 2.36. The Morgan fingerprint density at radius 2 is 1.90 bits per heavy atom. The standard InChI is InChI=1S/C29H24N4O4S2/c1-17-8-11-25-31-26(30-14-19-9-10-22-23(12-19)37-16-36-22)21(27(34)32(25)15-17)13-24-28(35)33(29(38)39-24)18(2)20-6-4-3-5-7-20/h3-13,15,18,30H,14,16H2,1-2H3/b24-13-. The molecule has 1 N–H and O–H groups in total. The summed E-state index contributed by atoms with van der Waals surface area (Å²) in [6, 6.07) is 18.8. The van der Waals surface area contributed by atoms with Gasteiger partial charge in [-0.2, -0.15) is 0 Å². The van der Waals surface area contributed by atoms with Crippen molar-refractivity contribution in [3.63, 3.8) is 0 Å². The van der Waals surface area contributed by atoms with Crippen LogP contribution in [0.25, 0.3) is 11.7 Å². The average molecular weight is 557 g/mol. The molecule has 0 saturated carbocycles. The third-order valence-corrected chi connectivity index (χ3v) is 8.00. The third kappa shape index (κ3) is 4.77. The first-order valence-electron chi connectivity index (χ1n) is 12.4. The Morgan fingerprint density at radius 1 is 1.10 bits per heavy atom. The van der Waals surface area contributed by atoms with Crippen LogP contribution >= 0.6 is 24.0 Å². The number of nitrogens with one attached hydrogen (secondary N) is 1. The van der Waals surface area contributed by atoms with E-state index in [4.69, 9.17) is 26.7 Å². The lowest BCUT2D eigenvalue weighted by molar-refractivity contribution is -0.123. The van der Waals surface area contributed by atoms with Crippen LogP contribution in [0.2, 0.25) is 0 Å². The van der Waals surface area contributed by atoms with Crippen LogP contribution in [-0.4, -0.2) is 31.3 Å². The van der Waals surface area contributed by atoms with Crippen molar-refractivity contribution in [2.24, 2.45) is 0 Å². The summed E-state index contributed by atoms with van der Waals surface area (Å²) in [5.74, 6) is 1.51. The molecule has 1 fully saturated rings. The molecule has 2 aliphatic heterocycles. The van der Waals surface area contributed by atoms with Crippen molar-refractivity contribution < 1.29 is 14.3 Å². The number of aryl methyl sites for hydroxylation is 1. The van der Waals surface area contributed by atoms with Crippen molar-refractivity contribution in [3.8, 4) is 11.5 Å². The van der Waals surface area contributed by atoms with Gasteiger partial charge in [-0.15, -0.1) is 0 Å². The van der Waals surface area contributed by atoms with E-state index in [0.29, 0.717) is 38.7 Å². The van der Waals surface area contributed by atoms with Crippen LogP contribution in [0.4, 0.5) is 5.82 Å². The fourth-order valence-electron chi connectivity index (χ4n) is 4.59. The SMILES string of the molecule is Cc1ccc2nc(NCc3ccc4c(c3)OCO4)c(/C=C3\SC(=S)N(C(C)c4ccccc4)C3=O)c(=O)n2c1. The van der Waals surface area contributed by atoms with E-state index in [1.54, 1.807) is 23.2 Å². The monoisotopic (exact) mass is 556 g/mol. The van der Waals surface area contributed by atoms with E-state index in [1.807, 2.05) is 68.4 Å². The molecular weight excluding hydrogens is 532 g/mol. The number of carbonyl (C=O) groups excluding carboxylic acids is 1. The molecule has 4 heterocycles. The van der Waals surface area contributed by atoms with Gasteiger partial charge < -0.3 is 14.8 Å². The van der Waals surface area contributed by atoms with Gasteiger partial charge in [0.2, 0.25) is 6.79 Å². The maximum absolute atomic E-state index is 13.7. The minimum Gasteiger partial charge on any atom is -0.454 e. The molecule has 6 rings (SSSR count). The molecule has 10 heteroatoms. The van der Waals surface area contributed by atoms with Crippen LogP contribution in [0.1, 0.15) is 35.2 Å². The van der Waals surface area contributed by atoms with Crippen LogP contribution in [0.5, 0.6) is 11.5 Å². The Morgan fingerprint density at radius 3 is 2.72 bits per heavy atom. The highest BCUT2D eigenvalue weighted by molar-refractivity contribution is 8.26. The lowest BCUT2D eigenvalue weighted by atomic mass is 10.1. The lowest BCUT2D eigenvalue weighted by Crippen LogP contribution is -2.31. The van der Waals surface area contributed by atoms with E-state index in [9.17, 15) is 9.59 Å². The number of benzene rings is 2. The first-order chi connectivity index (χ1) is 18.9. The summed E-state index contributed by atoms with van der Waals surface area (Å²) in [5.41, 5.74) is 3.33. The second-order valence-electron chi connectivity index (χ2n) is 9.29. The molecule has 0 radical (unpaired) electrons. The Labute approximate surface area is 234 Å². The van der Waals surface area contributed by atoms with E-state index < -0.39 is 0 Å². The van der Waals surface area contributed by atoms with Gasteiger partial charge in [-0.25, -0.2) is 4.98 Å². The molecule has 4 aromatic rings. The summed E-state index contributed by atoms with van der Waals surface area (Å²) < 4.78 is 12.8. The van der Waals surface area contributed by atoms with Crippen molar-refractivity contribution in [3.05, 3.63) is 104 Å². The fourth-order valence-corrected chi connectivity index (χ4v) is 5.99. The number of fused-ring (bicyclic) bond motifs is 2. The van der Waals surface area contributed by atoms with Crippen molar-refractivity contribution in [2.45, 2.75) is 26.4 Å². The Bertz CT molecular complexity index is 1720. The predicted octanol–water partition coefficient (Wildman–Crippen LogP) is 5.31. The average Bonchev–Trinajstić information content (AvgIpc) is 3.52. The normalized spacial score (nSPS) is 16.4. The predicted molar refractivity (Wildman–Crippen MR) is 156 cm³/mol. The van der Waals surface area contributed by atoms with E-state index in [1.165, 1.54) is 16.2 Å². The minimum absolute atomic E-state index is 0.194. The van der Waals surface area contributed by atoms with Gasteiger partial charge in [0.25, 0.3) is 11.5 Å². The molecule has 2 aliphatic rings. The number of hydrogen-bond donors (Lipinski definition) is 1. The molecule has 0 bridgehead atoms. The topological polar surface area (TPSA) is 85.2 Å². The van der Waals surface area contributed by atoms with E-state index in [-0.39, 0.29) is 29.9 Å². The Kier molecular flexibility index (Phi) is 6.58. The number of hydrogen-bond acceptors (Lipinski definition) is 8. The molecular formula is C29H24N4O4S2. The smallest absolute Gasteiger partial charge is 0.267 e. The van der Waals surface area contributed by atoms with Gasteiger partial charge in [0.05, 0.1) is 16.5 Å². The van der Waals surface area contributed by atoms with Crippen LogP contribution < -0.4 is 20.3 Å². The number of nitrogens with zero attached hydrogens (tertiary/aromatic N) is 3. The van der Waals surface area contributed by atoms with Gasteiger partial charge >= 0.3 is 0 Å². The molecule has 39 heavy (non-hydrogen) atoms. The number of amides is 1. The first kappa shape index (κ1) is 25.1. The first-order valence-corrected chi connectivity index (χ1v) is 13.6. The zero-order valence-corrected chi connectivity index (χ0v) is 22.8. The van der Waals surface area contributed by atoms with Crippen molar-refractivity contribution in [1.82, 2.24) is 14.3 Å². The molecule has 196 valence electrons. The van der Waals surface area contributed by atoms with Gasteiger partial charge in [0.15, 0.2) is 11.5 Å². The van der Waals surface area contributed by atoms with Crippen LogP contribution in [0.3, 0.4) is 0 Å². The highest BCUT2D eigenvalue weighted by atomic mass is 32.2. The van der Waals surface area contributed by atoms with Crippen LogP contribution in [0, 0.1) is 6.92 Å². The number of anilines is 1. The molecule has 0 aliphatic carbocycles. The van der Waals surface area contributed by atoms with Gasteiger partial charge in [-0.05, 0) is 54.8 Å². The van der Waals surface area contributed by atoms with Gasteiger partial charge in [0.1, 0.15) is 15.8 Å². The fraction of sp³-hybridized carbons (Fsp3) is 0.172. The van der Waals surface area contributed by atoms with Gasteiger partial charge in [0, 0.05) is 12.7 Å². The van der Waals surface area contributed by atoms with Gasteiger partial charge in [-0.3, -0.25) is 18.9 Å². The number of aromatic nitrogens is 2. The van der Waals surface area contributed by atoms with Crippen LogP contribution in [-0.2, 0) is 11.3 Å². The van der Waals surface area contributed by atoms with Crippen molar-refractivity contribution in [2.75, 3.05) is 12.1 Å². The van der Waals surface area contributed by atoms with Crippen molar-refractivity contribution >= 4 is 51.7 Å². The molecule has 2 aromatic heterocycles. The number of thiocarbonyl (C=S) groups is 1. The summed E-state index contributed by atoms with van der Waals surface area (Å²) in [7, 11) is 0. The minimum atomic E-state index is -0.279. The lowest BCUT2D eigenvalue weighted by Gasteiger charge is -2.23. The molecule has 1 saturated heterocycles. The molecule has 2 aromatic carbocycles. The summed E-state index contributed by atoms with van der Waals surface area (Å²) in [4.78, 5) is 34.0. The molecule has 1 amide bonds.